The number of ether oxygens (including phenoxy) is 1. The van der Waals surface area contributed by atoms with E-state index in [9.17, 15) is 4.79 Å². The van der Waals surface area contributed by atoms with Gasteiger partial charge in [0.1, 0.15) is 16.5 Å². The van der Waals surface area contributed by atoms with Crippen molar-refractivity contribution in [2.45, 2.75) is 13.5 Å². The number of benzene rings is 1. The van der Waals surface area contributed by atoms with Gasteiger partial charge in [0.25, 0.3) is 5.91 Å². The molecule has 1 fully saturated rings. The Morgan fingerprint density at radius 2 is 1.93 bits per heavy atom. The number of hydrogen-bond donors (Lipinski definition) is 0. The molecular formula is C22H24N4O2S. The van der Waals surface area contributed by atoms with Crippen molar-refractivity contribution in [2.24, 2.45) is 0 Å². The van der Waals surface area contributed by atoms with E-state index in [0.717, 1.165) is 49.0 Å². The molecule has 0 atom stereocenters. The van der Waals surface area contributed by atoms with Crippen LogP contribution in [0.25, 0.3) is 10.6 Å². The molecule has 0 spiro atoms. The second kappa shape index (κ2) is 9.15. The van der Waals surface area contributed by atoms with Crippen LogP contribution in [0.1, 0.15) is 23.0 Å². The van der Waals surface area contributed by atoms with Gasteiger partial charge in [-0.2, -0.15) is 0 Å². The lowest BCUT2D eigenvalue weighted by molar-refractivity contribution is 0.0623. The Bertz CT molecular complexity index is 935. The minimum atomic E-state index is 0.0134. The molecule has 0 saturated carbocycles. The van der Waals surface area contributed by atoms with Gasteiger partial charge in [-0.25, -0.2) is 4.98 Å². The van der Waals surface area contributed by atoms with E-state index in [1.165, 1.54) is 16.9 Å². The predicted octanol–water partition coefficient (Wildman–Crippen LogP) is 3.56. The summed E-state index contributed by atoms with van der Waals surface area (Å²) in [7, 11) is 0. The summed E-state index contributed by atoms with van der Waals surface area (Å²) in [5.41, 5.74) is 2.73. The average Bonchev–Trinajstić information content (AvgIpc) is 3.26. The summed E-state index contributed by atoms with van der Waals surface area (Å²) in [6, 6.07) is 11.9. The molecule has 0 aliphatic carbocycles. The van der Waals surface area contributed by atoms with Gasteiger partial charge in [-0.15, -0.1) is 11.3 Å². The van der Waals surface area contributed by atoms with E-state index in [1.807, 2.05) is 53.7 Å². The third kappa shape index (κ3) is 4.81. The Labute approximate surface area is 174 Å². The van der Waals surface area contributed by atoms with Gasteiger partial charge in [0.15, 0.2) is 0 Å². The molecule has 6 nitrogen and oxygen atoms in total. The highest BCUT2D eigenvalue weighted by molar-refractivity contribution is 7.13. The molecule has 0 N–H and O–H groups in total. The number of carbonyl (C=O) groups excluding carboxylic acids is 1. The summed E-state index contributed by atoms with van der Waals surface area (Å²) in [5.74, 6) is 0.854. The van der Waals surface area contributed by atoms with Crippen LogP contribution in [0.2, 0.25) is 0 Å². The third-order valence-electron chi connectivity index (χ3n) is 4.92. The average molecular weight is 409 g/mol. The van der Waals surface area contributed by atoms with Crippen molar-refractivity contribution in [3.63, 3.8) is 0 Å². The summed E-state index contributed by atoms with van der Waals surface area (Å²) >= 11 is 1.50. The van der Waals surface area contributed by atoms with Crippen molar-refractivity contribution in [3.8, 4) is 16.3 Å². The lowest BCUT2D eigenvalue weighted by atomic mass is 10.2. The van der Waals surface area contributed by atoms with Gasteiger partial charge < -0.3 is 9.64 Å². The lowest BCUT2D eigenvalue weighted by Crippen LogP contribution is -2.48. The molecule has 1 saturated heterocycles. The normalized spacial score (nSPS) is 14.7. The number of hydrogen-bond acceptors (Lipinski definition) is 6. The highest BCUT2D eigenvalue weighted by Crippen LogP contribution is 2.26. The Morgan fingerprint density at radius 1 is 1.14 bits per heavy atom. The zero-order valence-corrected chi connectivity index (χ0v) is 17.3. The molecule has 1 amide bonds. The quantitative estimate of drug-likeness (QED) is 0.624. The largest absolute Gasteiger partial charge is 0.494 e. The van der Waals surface area contributed by atoms with Crippen molar-refractivity contribution >= 4 is 17.2 Å². The second-order valence-corrected chi connectivity index (χ2v) is 7.78. The zero-order valence-electron chi connectivity index (χ0n) is 16.5. The standard InChI is InChI=1S/C22H24N4O2S/c1-2-28-19-7-5-18(6-8-19)21-24-20(16-29-21)22(27)26-12-10-25(11-13-26)15-17-4-3-9-23-14-17/h3-9,14,16H,2,10-13,15H2,1H3. The molecule has 3 aromatic rings. The van der Waals surface area contributed by atoms with Crippen LogP contribution >= 0.6 is 11.3 Å². The molecular weight excluding hydrogens is 384 g/mol. The summed E-state index contributed by atoms with van der Waals surface area (Å²) < 4.78 is 5.48. The van der Waals surface area contributed by atoms with E-state index in [-0.39, 0.29) is 5.91 Å². The molecule has 1 aliphatic heterocycles. The fourth-order valence-corrected chi connectivity index (χ4v) is 4.19. The van der Waals surface area contributed by atoms with Crippen LogP contribution in [0, 0.1) is 0 Å². The van der Waals surface area contributed by atoms with Crippen LogP contribution < -0.4 is 4.74 Å². The maximum Gasteiger partial charge on any atom is 0.273 e. The van der Waals surface area contributed by atoms with Crippen LogP contribution in [-0.4, -0.2) is 58.5 Å². The number of rotatable bonds is 6. The molecule has 29 heavy (non-hydrogen) atoms. The monoisotopic (exact) mass is 408 g/mol. The first-order valence-corrected chi connectivity index (χ1v) is 10.7. The number of piperazine rings is 1. The fourth-order valence-electron chi connectivity index (χ4n) is 3.39. The molecule has 1 aliphatic rings. The summed E-state index contributed by atoms with van der Waals surface area (Å²) in [6.45, 7) is 6.63. The molecule has 0 bridgehead atoms. The van der Waals surface area contributed by atoms with Gasteiger partial charge in [0.05, 0.1) is 6.61 Å². The number of pyridine rings is 1. The van der Waals surface area contributed by atoms with E-state index in [2.05, 4.69) is 20.9 Å². The second-order valence-electron chi connectivity index (χ2n) is 6.92. The minimum absolute atomic E-state index is 0.0134. The number of thiazole rings is 1. The molecule has 4 rings (SSSR count). The third-order valence-corrected chi connectivity index (χ3v) is 5.82. The number of nitrogens with zero attached hydrogens (tertiary/aromatic N) is 4. The molecule has 7 heteroatoms. The zero-order chi connectivity index (χ0) is 20.1. The fraction of sp³-hybridized carbons (Fsp3) is 0.318. The molecule has 3 heterocycles. The number of carbonyl (C=O) groups is 1. The van der Waals surface area contributed by atoms with Gasteiger partial charge >= 0.3 is 0 Å². The van der Waals surface area contributed by atoms with Crippen molar-refractivity contribution in [1.82, 2.24) is 19.8 Å². The van der Waals surface area contributed by atoms with Crippen LogP contribution in [0.4, 0.5) is 0 Å². The first kappa shape index (κ1) is 19.5. The molecule has 2 aromatic heterocycles. The highest BCUT2D eigenvalue weighted by Gasteiger charge is 2.24. The summed E-state index contributed by atoms with van der Waals surface area (Å²) in [5, 5.41) is 2.71. The van der Waals surface area contributed by atoms with Gasteiger partial charge in [-0.05, 0) is 42.8 Å². The maximum absolute atomic E-state index is 12.9. The van der Waals surface area contributed by atoms with Gasteiger partial charge in [0, 0.05) is 56.1 Å². The first-order valence-electron chi connectivity index (χ1n) is 9.82. The molecule has 0 radical (unpaired) electrons. The molecule has 1 aromatic carbocycles. The van der Waals surface area contributed by atoms with E-state index in [0.29, 0.717) is 12.3 Å². The highest BCUT2D eigenvalue weighted by atomic mass is 32.1. The maximum atomic E-state index is 12.9. The van der Waals surface area contributed by atoms with Gasteiger partial charge in [0.2, 0.25) is 0 Å². The van der Waals surface area contributed by atoms with Crippen LogP contribution in [0.15, 0.2) is 54.2 Å². The van der Waals surface area contributed by atoms with Gasteiger partial charge in [-0.3, -0.25) is 14.7 Å². The molecule has 0 unspecified atom stereocenters. The van der Waals surface area contributed by atoms with Gasteiger partial charge in [-0.1, -0.05) is 6.07 Å². The van der Waals surface area contributed by atoms with E-state index < -0.39 is 0 Å². The SMILES string of the molecule is CCOc1ccc(-c2nc(C(=O)N3CCN(Cc4cccnc4)CC3)cs2)cc1. The van der Waals surface area contributed by atoms with Crippen molar-refractivity contribution in [1.29, 1.82) is 0 Å². The van der Waals surface area contributed by atoms with Crippen molar-refractivity contribution < 1.29 is 9.53 Å². The summed E-state index contributed by atoms with van der Waals surface area (Å²) in [6.07, 6.45) is 3.69. The predicted molar refractivity (Wildman–Crippen MR) is 114 cm³/mol. The number of amides is 1. The van der Waals surface area contributed by atoms with Crippen LogP contribution in [0.3, 0.4) is 0 Å². The summed E-state index contributed by atoms with van der Waals surface area (Å²) in [4.78, 5) is 25.9. The van der Waals surface area contributed by atoms with E-state index in [1.54, 1.807) is 6.20 Å². The number of aromatic nitrogens is 2. The van der Waals surface area contributed by atoms with Crippen molar-refractivity contribution in [3.05, 3.63) is 65.4 Å². The smallest absolute Gasteiger partial charge is 0.273 e. The van der Waals surface area contributed by atoms with Crippen LogP contribution in [0.5, 0.6) is 5.75 Å². The Hall–Kier alpha value is -2.77. The Kier molecular flexibility index (Phi) is 6.17. The Balaban J connectivity index is 1.34. The lowest BCUT2D eigenvalue weighted by Gasteiger charge is -2.34. The van der Waals surface area contributed by atoms with Crippen LogP contribution in [-0.2, 0) is 6.54 Å². The van der Waals surface area contributed by atoms with E-state index in [4.69, 9.17) is 4.74 Å². The van der Waals surface area contributed by atoms with Crippen molar-refractivity contribution in [2.75, 3.05) is 32.8 Å². The first-order chi connectivity index (χ1) is 14.2. The molecule has 150 valence electrons. The van der Waals surface area contributed by atoms with E-state index >= 15 is 0 Å². The topological polar surface area (TPSA) is 58.6 Å². The minimum Gasteiger partial charge on any atom is -0.494 e. The Morgan fingerprint density at radius 3 is 2.62 bits per heavy atom.